The molecule has 0 heterocycles. The van der Waals surface area contributed by atoms with E-state index in [1.165, 1.54) is 13.2 Å². The van der Waals surface area contributed by atoms with E-state index in [0.717, 1.165) is 15.2 Å². The van der Waals surface area contributed by atoms with E-state index in [0.29, 0.717) is 16.9 Å². The second kappa shape index (κ2) is 5.81. The fourth-order valence-corrected chi connectivity index (χ4v) is 2.73. The molecule has 3 aromatic rings. The van der Waals surface area contributed by atoms with Crippen LogP contribution >= 0.6 is 15.9 Å². The van der Waals surface area contributed by atoms with Gasteiger partial charge in [0, 0.05) is 15.6 Å². The standard InChI is InChI=1S/C18H13BrO3/c1-22-17-7-5-14(10-16(17)20)18(21)13-3-2-12-9-15(19)6-4-11(12)8-13/h2-10,20H,1H3. The zero-order valence-electron chi connectivity index (χ0n) is 11.8. The number of halogens is 1. The Hall–Kier alpha value is -2.33. The van der Waals surface area contributed by atoms with Crippen LogP contribution in [0.2, 0.25) is 0 Å². The Labute approximate surface area is 136 Å². The van der Waals surface area contributed by atoms with E-state index in [2.05, 4.69) is 15.9 Å². The number of rotatable bonds is 3. The highest BCUT2D eigenvalue weighted by Gasteiger charge is 2.12. The Morgan fingerprint density at radius 1 is 0.955 bits per heavy atom. The molecule has 1 N–H and O–H groups in total. The molecule has 0 radical (unpaired) electrons. The lowest BCUT2D eigenvalue weighted by molar-refractivity contribution is 0.103. The van der Waals surface area contributed by atoms with E-state index in [1.54, 1.807) is 18.2 Å². The summed E-state index contributed by atoms with van der Waals surface area (Å²) in [6.07, 6.45) is 0. The Kier molecular flexibility index (Phi) is 3.86. The number of methoxy groups -OCH3 is 1. The van der Waals surface area contributed by atoms with Crippen molar-refractivity contribution in [1.29, 1.82) is 0 Å². The Morgan fingerprint density at radius 3 is 2.32 bits per heavy atom. The molecule has 110 valence electrons. The normalized spacial score (nSPS) is 10.6. The summed E-state index contributed by atoms with van der Waals surface area (Å²) in [6, 6.07) is 16.1. The summed E-state index contributed by atoms with van der Waals surface area (Å²) >= 11 is 3.43. The van der Waals surface area contributed by atoms with Crippen molar-refractivity contribution < 1.29 is 14.6 Å². The third-order valence-corrected chi connectivity index (χ3v) is 4.00. The fourth-order valence-electron chi connectivity index (χ4n) is 2.36. The minimum atomic E-state index is -0.136. The summed E-state index contributed by atoms with van der Waals surface area (Å²) in [5.41, 5.74) is 1.01. The van der Waals surface area contributed by atoms with Crippen molar-refractivity contribution in [1.82, 2.24) is 0 Å². The topological polar surface area (TPSA) is 46.5 Å². The van der Waals surface area contributed by atoms with Crippen molar-refractivity contribution in [3.63, 3.8) is 0 Å². The molecule has 0 unspecified atom stereocenters. The molecule has 0 bridgehead atoms. The molecule has 0 saturated carbocycles. The minimum Gasteiger partial charge on any atom is -0.504 e. The summed E-state index contributed by atoms with van der Waals surface area (Å²) < 4.78 is 5.99. The minimum absolute atomic E-state index is 0.0435. The predicted octanol–water partition coefficient (Wildman–Crippen LogP) is 4.55. The number of hydrogen-bond acceptors (Lipinski definition) is 3. The van der Waals surface area contributed by atoms with E-state index < -0.39 is 0 Å². The van der Waals surface area contributed by atoms with Crippen LogP contribution in [0.4, 0.5) is 0 Å². The number of hydrogen-bond donors (Lipinski definition) is 1. The van der Waals surface area contributed by atoms with Crippen molar-refractivity contribution in [2.45, 2.75) is 0 Å². The summed E-state index contributed by atoms with van der Waals surface area (Å²) in [5.74, 6) is 0.167. The molecule has 0 aliphatic carbocycles. The molecule has 0 atom stereocenters. The van der Waals surface area contributed by atoms with Crippen molar-refractivity contribution >= 4 is 32.5 Å². The van der Waals surface area contributed by atoms with Crippen LogP contribution in [0.15, 0.2) is 59.1 Å². The fraction of sp³-hybridized carbons (Fsp3) is 0.0556. The van der Waals surface area contributed by atoms with Crippen molar-refractivity contribution in [2.24, 2.45) is 0 Å². The van der Waals surface area contributed by atoms with Crippen molar-refractivity contribution in [3.8, 4) is 11.5 Å². The summed E-state index contributed by atoms with van der Waals surface area (Å²) in [5, 5.41) is 11.9. The summed E-state index contributed by atoms with van der Waals surface area (Å²) in [4.78, 5) is 12.5. The maximum Gasteiger partial charge on any atom is 0.193 e. The average Bonchev–Trinajstić information content (AvgIpc) is 2.53. The Morgan fingerprint density at radius 2 is 1.59 bits per heavy atom. The predicted molar refractivity (Wildman–Crippen MR) is 89.7 cm³/mol. The van der Waals surface area contributed by atoms with Gasteiger partial charge in [0.05, 0.1) is 7.11 Å². The number of phenolic OH excluding ortho intramolecular Hbond substituents is 1. The first-order chi connectivity index (χ1) is 10.6. The molecular formula is C18H13BrO3. The lowest BCUT2D eigenvalue weighted by Gasteiger charge is -2.07. The molecule has 3 aromatic carbocycles. The van der Waals surface area contributed by atoms with Gasteiger partial charge in [-0.2, -0.15) is 0 Å². The lowest BCUT2D eigenvalue weighted by Crippen LogP contribution is -2.01. The van der Waals surface area contributed by atoms with Gasteiger partial charge in [-0.1, -0.05) is 34.1 Å². The third kappa shape index (κ3) is 2.70. The zero-order valence-corrected chi connectivity index (χ0v) is 13.4. The van der Waals surface area contributed by atoms with E-state index in [1.807, 2.05) is 30.3 Å². The molecule has 0 spiro atoms. The molecule has 3 rings (SSSR count). The first-order valence-corrected chi connectivity index (χ1v) is 7.49. The van der Waals surface area contributed by atoms with Crippen LogP contribution in [0.5, 0.6) is 11.5 Å². The molecule has 3 nitrogen and oxygen atoms in total. The van der Waals surface area contributed by atoms with Gasteiger partial charge in [-0.25, -0.2) is 0 Å². The average molecular weight is 357 g/mol. The highest BCUT2D eigenvalue weighted by molar-refractivity contribution is 9.10. The Balaban J connectivity index is 2.01. The molecule has 0 aromatic heterocycles. The van der Waals surface area contributed by atoms with E-state index >= 15 is 0 Å². The number of carbonyl (C=O) groups excluding carboxylic acids is 1. The van der Waals surface area contributed by atoms with Gasteiger partial charge in [0.15, 0.2) is 17.3 Å². The van der Waals surface area contributed by atoms with Gasteiger partial charge in [-0.05, 0) is 47.2 Å². The van der Waals surface area contributed by atoms with Gasteiger partial charge < -0.3 is 9.84 Å². The summed E-state index contributed by atoms with van der Waals surface area (Å²) in [7, 11) is 1.47. The highest BCUT2D eigenvalue weighted by Crippen LogP contribution is 2.28. The third-order valence-electron chi connectivity index (χ3n) is 3.51. The first-order valence-electron chi connectivity index (χ1n) is 6.69. The maximum atomic E-state index is 12.5. The second-order valence-corrected chi connectivity index (χ2v) is 5.84. The smallest absolute Gasteiger partial charge is 0.193 e. The molecule has 0 amide bonds. The molecule has 0 saturated heterocycles. The van der Waals surface area contributed by atoms with Gasteiger partial charge in [0.25, 0.3) is 0 Å². The van der Waals surface area contributed by atoms with Crippen LogP contribution in [0.1, 0.15) is 15.9 Å². The zero-order chi connectivity index (χ0) is 15.7. The van der Waals surface area contributed by atoms with Crippen LogP contribution < -0.4 is 4.74 Å². The number of fused-ring (bicyclic) bond motifs is 1. The van der Waals surface area contributed by atoms with Gasteiger partial charge in [-0.3, -0.25) is 4.79 Å². The van der Waals surface area contributed by atoms with E-state index in [9.17, 15) is 9.90 Å². The van der Waals surface area contributed by atoms with Gasteiger partial charge in [-0.15, -0.1) is 0 Å². The number of ether oxygens (including phenoxy) is 1. The number of aromatic hydroxyl groups is 1. The second-order valence-electron chi connectivity index (χ2n) is 4.92. The van der Waals surface area contributed by atoms with Gasteiger partial charge >= 0.3 is 0 Å². The molecule has 0 fully saturated rings. The van der Waals surface area contributed by atoms with Crippen molar-refractivity contribution in [3.05, 3.63) is 70.2 Å². The molecule has 0 aliphatic rings. The SMILES string of the molecule is COc1ccc(C(=O)c2ccc3cc(Br)ccc3c2)cc1O. The molecule has 4 heteroatoms. The molecule has 0 aliphatic heterocycles. The van der Waals surface area contributed by atoms with Crippen LogP contribution in [0.25, 0.3) is 10.8 Å². The Bertz CT molecular complexity index is 871. The largest absolute Gasteiger partial charge is 0.504 e. The van der Waals surface area contributed by atoms with Gasteiger partial charge in [0.1, 0.15) is 0 Å². The highest BCUT2D eigenvalue weighted by atomic mass is 79.9. The first kappa shape index (κ1) is 14.6. The molecule has 22 heavy (non-hydrogen) atoms. The monoisotopic (exact) mass is 356 g/mol. The van der Waals surface area contributed by atoms with Crippen LogP contribution in [0.3, 0.4) is 0 Å². The van der Waals surface area contributed by atoms with Crippen LogP contribution in [0, 0.1) is 0 Å². The number of carbonyl (C=O) groups is 1. The molecular weight excluding hydrogens is 344 g/mol. The van der Waals surface area contributed by atoms with Crippen molar-refractivity contribution in [2.75, 3.05) is 7.11 Å². The number of phenols is 1. The number of benzene rings is 3. The van der Waals surface area contributed by atoms with Gasteiger partial charge in [0.2, 0.25) is 0 Å². The van der Waals surface area contributed by atoms with E-state index in [-0.39, 0.29) is 11.5 Å². The van der Waals surface area contributed by atoms with Crippen LogP contribution in [-0.4, -0.2) is 18.0 Å². The quantitative estimate of drug-likeness (QED) is 0.700. The van der Waals surface area contributed by atoms with Crippen LogP contribution in [-0.2, 0) is 0 Å². The lowest BCUT2D eigenvalue weighted by atomic mass is 10.00. The number of ketones is 1. The van der Waals surface area contributed by atoms with E-state index in [4.69, 9.17) is 4.74 Å². The maximum absolute atomic E-state index is 12.5. The summed E-state index contributed by atoms with van der Waals surface area (Å²) in [6.45, 7) is 0.